The fourth-order valence-corrected chi connectivity index (χ4v) is 3.58. The minimum absolute atomic E-state index is 0.187. The summed E-state index contributed by atoms with van der Waals surface area (Å²) < 4.78 is 20.4. The molecular weight excluding hydrogens is 361 g/mol. The van der Waals surface area contributed by atoms with Gasteiger partial charge < -0.3 is 10.1 Å². The van der Waals surface area contributed by atoms with E-state index in [-0.39, 0.29) is 17.7 Å². The Balaban J connectivity index is 1.56. The molecule has 0 unspecified atom stereocenters. The normalized spacial score (nSPS) is 12.6. The van der Waals surface area contributed by atoms with Gasteiger partial charge in [0.15, 0.2) is 5.69 Å². The molecule has 7 heteroatoms. The van der Waals surface area contributed by atoms with E-state index in [0.29, 0.717) is 24.3 Å². The van der Waals surface area contributed by atoms with E-state index < -0.39 is 0 Å². The maximum Gasteiger partial charge on any atom is 0.305 e. The molecule has 1 aromatic heterocycles. The van der Waals surface area contributed by atoms with Crippen molar-refractivity contribution in [3.63, 3.8) is 0 Å². The lowest BCUT2D eigenvalue weighted by Crippen LogP contribution is -2.26. The second-order valence-electron chi connectivity index (χ2n) is 6.99. The minimum Gasteiger partial charge on any atom is -0.469 e. The van der Waals surface area contributed by atoms with Gasteiger partial charge in [0.05, 0.1) is 7.11 Å². The van der Waals surface area contributed by atoms with Crippen LogP contribution >= 0.6 is 0 Å². The van der Waals surface area contributed by atoms with Gasteiger partial charge in [0, 0.05) is 24.2 Å². The zero-order valence-electron chi connectivity index (χ0n) is 16.2. The number of carbonyl (C=O) groups is 2. The van der Waals surface area contributed by atoms with E-state index in [1.54, 1.807) is 22.9 Å². The Bertz CT molecular complexity index is 847. The van der Waals surface area contributed by atoms with Crippen LogP contribution in [0.15, 0.2) is 24.3 Å². The Hall–Kier alpha value is -2.70. The molecule has 0 aliphatic heterocycles. The van der Waals surface area contributed by atoms with Crippen molar-refractivity contribution >= 4 is 11.9 Å². The van der Waals surface area contributed by atoms with Crippen LogP contribution < -0.4 is 5.32 Å². The second-order valence-corrected chi connectivity index (χ2v) is 6.99. The van der Waals surface area contributed by atoms with Crippen molar-refractivity contribution in [2.75, 3.05) is 13.7 Å². The fraction of sp³-hybridized carbons (Fsp3) is 0.476. The first-order valence-electron chi connectivity index (χ1n) is 9.82. The van der Waals surface area contributed by atoms with Gasteiger partial charge in [-0.15, -0.1) is 0 Å². The summed E-state index contributed by atoms with van der Waals surface area (Å²) in [6.07, 6.45) is 6.44. The van der Waals surface area contributed by atoms with Crippen LogP contribution in [-0.2, 0) is 22.4 Å². The third-order valence-corrected chi connectivity index (χ3v) is 5.05. The molecule has 0 saturated heterocycles. The number of esters is 1. The molecule has 0 fully saturated rings. The Morgan fingerprint density at radius 2 is 1.96 bits per heavy atom. The molecule has 28 heavy (non-hydrogen) atoms. The van der Waals surface area contributed by atoms with Crippen LogP contribution in [0.3, 0.4) is 0 Å². The largest absolute Gasteiger partial charge is 0.469 e. The number of aromatic nitrogens is 2. The quantitative estimate of drug-likeness (QED) is 0.529. The van der Waals surface area contributed by atoms with E-state index in [1.807, 2.05) is 0 Å². The van der Waals surface area contributed by atoms with E-state index in [9.17, 15) is 14.0 Å². The summed E-state index contributed by atoms with van der Waals surface area (Å²) in [5.41, 5.74) is 2.64. The molecule has 0 bridgehead atoms. The van der Waals surface area contributed by atoms with Crippen LogP contribution in [-0.4, -0.2) is 35.3 Å². The van der Waals surface area contributed by atoms with Crippen molar-refractivity contribution in [1.29, 1.82) is 0 Å². The van der Waals surface area contributed by atoms with Gasteiger partial charge in [0.1, 0.15) is 11.5 Å². The third-order valence-electron chi connectivity index (χ3n) is 5.05. The SMILES string of the molecule is COC(=O)CCCCCCNC(=O)c1nn(-c2ccccc2F)c2c1CCC2. The van der Waals surface area contributed by atoms with Crippen LogP contribution in [0.5, 0.6) is 0 Å². The summed E-state index contributed by atoms with van der Waals surface area (Å²) in [5.74, 6) is -0.742. The molecule has 0 saturated carbocycles. The minimum atomic E-state index is -0.349. The number of fused-ring (bicyclic) bond motifs is 1. The van der Waals surface area contributed by atoms with Gasteiger partial charge in [0.25, 0.3) is 5.91 Å². The molecule has 2 aromatic rings. The van der Waals surface area contributed by atoms with Crippen LogP contribution in [0, 0.1) is 5.82 Å². The first kappa shape index (κ1) is 20.0. The number of carbonyl (C=O) groups excluding carboxylic acids is 2. The Kier molecular flexibility index (Phi) is 6.79. The molecule has 6 nitrogen and oxygen atoms in total. The fourth-order valence-electron chi connectivity index (χ4n) is 3.58. The average Bonchev–Trinajstić information content (AvgIpc) is 3.30. The number of amides is 1. The molecule has 3 rings (SSSR count). The lowest BCUT2D eigenvalue weighted by atomic mass is 10.1. The van der Waals surface area contributed by atoms with Crippen LogP contribution in [0.1, 0.15) is 60.3 Å². The van der Waals surface area contributed by atoms with E-state index in [4.69, 9.17) is 0 Å². The summed E-state index contributed by atoms with van der Waals surface area (Å²) >= 11 is 0. The Labute approximate surface area is 164 Å². The molecule has 0 radical (unpaired) electrons. The third kappa shape index (κ3) is 4.58. The molecular formula is C21H26FN3O3. The molecule has 1 amide bonds. The monoisotopic (exact) mass is 387 g/mol. The average molecular weight is 387 g/mol. The number of benzene rings is 1. The van der Waals surface area contributed by atoms with Crippen LogP contribution in [0.2, 0.25) is 0 Å². The Morgan fingerprint density at radius 1 is 1.18 bits per heavy atom. The van der Waals surface area contributed by atoms with Crippen LogP contribution in [0.25, 0.3) is 5.69 Å². The van der Waals surface area contributed by atoms with Crippen molar-refractivity contribution in [3.05, 3.63) is 47.0 Å². The number of para-hydroxylation sites is 1. The predicted molar refractivity (Wildman–Crippen MR) is 103 cm³/mol. The summed E-state index contributed by atoms with van der Waals surface area (Å²) in [6, 6.07) is 6.48. The Morgan fingerprint density at radius 3 is 2.75 bits per heavy atom. The van der Waals surface area contributed by atoms with Gasteiger partial charge in [-0.25, -0.2) is 9.07 Å². The lowest BCUT2D eigenvalue weighted by molar-refractivity contribution is -0.140. The highest BCUT2D eigenvalue weighted by molar-refractivity contribution is 5.94. The van der Waals surface area contributed by atoms with Gasteiger partial charge in [-0.3, -0.25) is 9.59 Å². The molecule has 1 aromatic carbocycles. The number of rotatable bonds is 9. The number of halogens is 1. The highest BCUT2D eigenvalue weighted by atomic mass is 19.1. The summed E-state index contributed by atoms with van der Waals surface area (Å²) in [5, 5.41) is 7.35. The van der Waals surface area contributed by atoms with E-state index in [2.05, 4.69) is 15.2 Å². The van der Waals surface area contributed by atoms with Gasteiger partial charge in [0.2, 0.25) is 0 Å². The number of unbranched alkanes of at least 4 members (excludes halogenated alkanes) is 3. The number of ether oxygens (including phenoxy) is 1. The topological polar surface area (TPSA) is 73.2 Å². The summed E-state index contributed by atoms with van der Waals surface area (Å²) in [6.45, 7) is 0.554. The molecule has 0 atom stereocenters. The number of hydrogen-bond donors (Lipinski definition) is 1. The molecule has 1 N–H and O–H groups in total. The van der Waals surface area contributed by atoms with Gasteiger partial charge in [-0.1, -0.05) is 25.0 Å². The van der Waals surface area contributed by atoms with Crippen LogP contribution in [0.4, 0.5) is 4.39 Å². The molecule has 150 valence electrons. The standard InChI is InChI=1S/C21H26FN3O3/c1-28-19(26)13-4-2-3-7-14-23-21(27)20-15-9-8-12-17(15)25(24-20)18-11-6-5-10-16(18)22/h5-6,10-11H,2-4,7-9,12-14H2,1H3,(H,23,27). The van der Waals surface area contributed by atoms with Gasteiger partial charge in [-0.2, -0.15) is 5.10 Å². The predicted octanol–water partition coefficient (Wildman–Crippen LogP) is 3.35. The summed E-state index contributed by atoms with van der Waals surface area (Å²) in [4.78, 5) is 23.7. The van der Waals surface area contributed by atoms with Crippen molar-refractivity contribution in [2.45, 2.75) is 51.4 Å². The zero-order chi connectivity index (χ0) is 19.9. The van der Waals surface area contributed by atoms with Crippen molar-refractivity contribution in [2.24, 2.45) is 0 Å². The summed E-state index contributed by atoms with van der Waals surface area (Å²) in [7, 11) is 1.39. The maximum atomic E-state index is 14.2. The molecule has 1 aliphatic carbocycles. The number of hydrogen-bond acceptors (Lipinski definition) is 4. The van der Waals surface area contributed by atoms with E-state index in [0.717, 1.165) is 56.2 Å². The van der Waals surface area contributed by atoms with E-state index >= 15 is 0 Å². The lowest BCUT2D eigenvalue weighted by Gasteiger charge is -2.06. The first-order chi connectivity index (χ1) is 13.6. The van der Waals surface area contributed by atoms with Crippen molar-refractivity contribution < 1.29 is 18.7 Å². The van der Waals surface area contributed by atoms with Gasteiger partial charge in [-0.05, 0) is 44.2 Å². The highest BCUT2D eigenvalue weighted by Crippen LogP contribution is 2.28. The second kappa shape index (κ2) is 9.48. The van der Waals surface area contributed by atoms with Crippen molar-refractivity contribution in [3.8, 4) is 5.69 Å². The number of methoxy groups -OCH3 is 1. The molecule has 1 heterocycles. The smallest absolute Gasteiger partial charge is 0.305 e. The van der Waals surface area contributed by atoms with Gasteiger partial charge >= 0.3 is 5.97 Å². The highest BCUT2D eigenvalue weighted by Gasteiger charge is 2.27. The van der Waals surface area contributed by atoms with E-state index in [1.165, 1.54) is 13.2 Å². The zero-order valence-corrected chi connectivity index (χ0v) is 16.2. The molecule has 0 spiro atoms. The first-order valence-corrected chi connectivity index (χ1v) is 9.82. The maximum absolute atomic E-state index is 14.2. The van der Waals surface area contributed by atoms with Crippen molar-refractivity contribution in [1.82, 2.24) is 15.1 Å². The molecule has 1 aliphatic rings. The number of nitrogens with one attached hydrogen (secondary N) is 1. The number of nitrogens with zero attached hydrogens (tertiary/aromatic N) is 2.